The second-order valence-corrected chi connectivity index (χ2v) is 6.02. The fourth-order valence-electron chi connectivity index (χ4n) is 3.78. The maximum Gasteiger partial charge on any atom is -0.00440 e. The van der Waals surface area contributed by atoms with Gasteiger partial charge in [0.1, 0.15) is 0 Å². The molecule has 3 rings (SSSR count). The van der Waals surface area contributed by atoms with Gasteiger partial charge in [0.2, 0.25) is 0 Å². The van der Waals surface area contributed by atoms with E-state index in [9.17, 15) is 0 Å². The number of fused-ring (bicyclic) bond motifs is 2. The van der Waals surface area contributed by atoms with Crippen LogP contribution in [-0.2, 0) is 11.8 Å². The molecule has 0 unspecified atom stereocenters. The van der Waals surface area contributed by atoms with Crippen LogP contribution in [0, 0.1) is 0 Å². The topological polar surface area (TPSA) is 0 Å². The average molecular weight is 214 g/mol. The van der Waals surface area contributed by atoms with E-state index in [0.29, 0.717) is 11.3 Å². The van der Waals surface area contributed by atoms with Gasteiger partial charge in [0.05, 0.1) is 0 Å². The number of hydrogen-bond donors (Lipinski definition) is 0. The van der Waals surface area contributed by atoms with Crippen molar-refractivity contribution in [3.63, 3.8) is 0 Å². The second kappa shape index (κ2) is 3.61. The number of benzene rings is 1. The molecule has 0 amide bonds. The Balaban J connectivity index is 2.12. The van der Waals surface area contributed by atoms with Gasteiger partial charge in [0.25, 0.3) is 0 Å². The van der Waals surface area contributed by atoms with Crippen molar-refractivity contribution in [3.8, 4) is 0 Å². The van der Waals surface area contributed by atoms with Crippen LogP contribution < -0.4 is 0 Å². The summed E-state index contributed by atoms with van der Waals surface area (Å²) in [6, 6.07) is 7.06. The summed E-state index contributed by atoms with van der Waals surface area (Å²) in [6.45, 7) is 4.66. The Morgan fingerprint density at radius 2 is 1.81 bits per heavy atom. The van der Waals surface area contributed by atoms with Crippen LogP contribution in [-0.4, -0.2) is 0 Å². The fourth-order valence-corrected chi connectivity index (χ4v) is 3.78. The minimum atomic E-state index is 0.610. The van der Waals surface area contributed by atoms with Crippen LogP contribution in [0.5, 0.6) is 0 Å². The first-order chi connectivity index (χ1) is 7.73. The van der Waals surface area contributed by atoms with Gasteiger partial charge < -0.3 is 0 Å². The molecule has 0 nitrogen and oxygen atoms in total. The minimum Gasteiger partial charge on any atom is -0.0617 e. The number of hydrogen-bond acceptors (Lipinski definition) is 0. The highest BCUT2D eigenvalue weighted by atomic mass is 14.5. The van der Waals surface area contributed by atoms with Gasteiger partial charge in [-0.3, -0.25) is 0 Å². The zero-order chi connectivity index (χ0) is 11.2. The molecule has 2 aliphatic carbocycles. The van der Waals surface area contributed by atoms with Crippen LogP contribution in [0.1, 0.15) is 68.6 Å². The lowest BCUT2D eigenvalue weighted by Crippen LogP contribution is -2.38. The molecule has 1 saturated carbocycles. The molecule has 0 aliphatic heterocycles. The molecule has 1 aromatic carbocycles. The Morgan fingerprint density at radius 3 is 2.44 bits per heavy atom. The van der Waals surface area contributed by atoms with E-state index in [1.165, 1.54) is 38.5 Å². The summed E-state index contributed by atoms with van der Waals surface area (Å²) in [5, 5.41) is 0. The summed E-state index contributed by atoms with van der Waals surface area (Å²) in [5.41, 5.74) is 5.65. The molecule has 0 heterocycles. The molecule has 2 aliphatic rings. The highest BCUT2D eigenvalue weighted by Crippen LogP contribution is 2.52. The highest BCUT2D eigenvalue weighted by Gasteiger charge is 2.41. The van der Waals surface area contributed by atoms with E-state index in [1.807, 2.05) is 0 Å². The summed E-state index contributed by atoms with van der Waals surface area (Å²) >= 11 is 0. The normalized spacial score (nSPS) is 21.9. The molecule has 0 aromatic heterocycles. The van der Waals surface area contributed by atoms with Crippen LogP contribution in [0.3, 0.4) is 0 Å². The van der Waals surface area contributed by atoms with Crippen LogP contribution >= 0.6 is 0 Å². The zero-order valence-corrected chi connectivity index (χ0v) is 10.6. The molecule has 0 saturated heterocycles. The van der Waals surface area contributed by atoms with Crippen molar-refractivity contribution < 1.29 is 0 Å². The van der Waals surface area contributed by atoms with Crippen LogP contribution in [0.2, 0.25) is 0 Å². The Labute approximate surface area is 99.1 Å². The third kappa shape index (κ3) is 1.35. The average Bonchev–Trinajstić information content (AvgIpc) is 2.25. The third-order valence-corrected chi connectivity index (χ3v) is 4.80. The van der Waals surface area contributed by atoms with Crippen molar-refractivity contribution >= 4 is 0 Å². The van der Waals surface area contributed by atoms with Crippen LogP contribution in [0.25, 0.3) is 0 Å². The van der Waals surface area contributed by atoms with Crippen molar-refractivity contribution in [2.24, 2.45) is 0 Å². The van der Waals surface area contributed by atoms with Gasteiger partial charge in [-0.1, -0.05) is 38.5 Å². The predicted molar refractivity (Wildman–Crippen MR) is 69.0 cm³/mol. The van der Waals surface area contributed by atoms with E-state index in [1.54, 1.807) is 16.7 Å². The lowest BCUT2D eigenvalue weighted by atomic mass is 9.57. The monoisotopic (exact) mass is 214 g/mol. The molecule has 0 radical (unpaired) electrons. The maximum absolute atomic E-state index is 2.42. The van der Waals surface area contributed by atoms with Crippen molar-refractivity contribution in [1.82, 2.24) is 0 Å². The van der Waals surface area contributed by atoms with E-state index in [4.69, 9.17) is 0 Å². The van der Waals surface area contributed by atoms with Gasteiger partial charge in [-0.2, -0.15) is 0 Å². The van der Waals surface area contributed by atoms with Gasteiger partial charge >= 0.3 is 0 Å². The zero-order valence-electron chi connectivity index (χ0n) is 10.6. The molecule has 0 N–H and O–H groups in total. The van der Waals surface area contributed by atoms with E-state index < -0.39 is 0 Å². The summed E-state index contributed by atoms with van der Waals surface area (Å²) in [5.74, 6) is 0.685. The van der Waals surface area contributed by atoms with Crippen LogP contribution in [0.4, 0.5) is 0 Å². The molecule has 0 bridgehead atoms. The van der Waals surface area contributed by atoms with E-state index >= 15 is 0 Å². The second-order valence-electron chi connectivity index (χ2n) is 6.02. The third-order valence-electron chi connectivity index (χ3n) is 4.80. The molecule has 0 atom stereocenters. The Bertz CT molecular complexity index is 396. The Hall–Kier alpha value is -0.780. The quantitative estimate of drug-likeness (QED) is 0.642. The molecular weight excluding hydrogens is 192 g/mol. The van der Waals surface area contributed by atoms with E-state index in [-0.39, 0.29) is 0 Å². The Morgan fingerprint density at radius 1 is 1.06 bits per heavy atom. The lowest BCUT2D eigenvalue weighted by molar-refractivity contribution is 0.208. The van der Waals surface area contributed by atoms with Crippen molar-refractivity contribution in [3.05, 3.63) is 34.9 Å². The summed E-state index contributed by atoms with van der Waals surface area (Å²) in [6.07, 6.45) is 8.53. The summed E-state index contributed by atoms with van der Waals surface area (Å²) < 4.78 is 0. The molecular formula is C16H22. The van der Waals surface area contributed by atoms with Gasteiger partial charge in [0, 0.05) is 0 Å². The molecule has 0 heteroatoms. The van der Waals surface area contributed by atoms with Crippen molar-refractivity contribution in [1.29, 1.82) is 0 Å². The van der Waals surface area contributed by atoms with E-state index in [2.05, 4.69) is 32.0 Å². The number of rotatable bonds is 1. The standard InChI is InChI=1S/C16H22/c1-12(2)13-6-3-8-15-14(13)7-4-9-16(15)10-5-11-16/h3,6,8,12H,4-5,7,9-11H2,1-2H3. The van der Waals surface area contributed by atoms with Crippen LogP contribution in [0.15, 0.2) is 18.2 Å². The highest BCUT2D eigenvalue weighted by molar-refractivity contribution is 5.44. The smallest absolute Gasteiger partial charge is 0.00440 e. The lowest BCUT2D eigenvalue weighted by Gasteiger charge is -2.47. The summed E-state index contributed by atoms with van der Waals surface area (Å²) in [7, 11) is 0. The Kier molecular flexibility index (Phi) is 2.34. The SMILES string of the molecule is CC(C)c1cccc2c1CCCC21CCC1. The first-order valence-electron chi connectivity index (χ1n) is 6.85. The molecule has 86 valence electrons. The first kappa shape index (κ1) is 10.4. The van der Waals surface area contributed by atoms with Gasteiger partial charge in [0.15, 0.2) is 0 Å². The molecule has 16 heavy (non-hydrogen) atoms. The van der Waals surface area contributed by atoms with Crippen molar-refractivity contribution in [2.45, 2.75) is 63.7 Å². The first-order valence-corrected chi connectivity index (χ1v) is 6.85. The molecule has 1 aromatic rings. The molecule has 1 fully saturated rings. The molecule has 1 spiro atoms. The van der Waals surface area contributed by atoms with Crippen molar-refractivity contribution in [2.75, 3.05) is 0 Å². The largest absolute Gasteiger partial charge is 0.0617 e. The summed E-state index contributed by atoms with van der Waals surface area (Å²) in [4.78, 5) is 0. The minimum absolute atomic E-state index is 0.610. The van der Waals surface area contributed by atoms with E-state index in [0.717, 1.165) is 0 Å². The van der Waals surface area contributed by atoms with Gasteiger partial charge in [-0.25, -0.2) is 0 Å². The fraction of sp³-hybridized carbons (Fsp3) is 0.625. The predicted octanol–water partition coefficient (Wildman–Crippen LogP) is 4.57. The van der Waals surface area contributed by atoms with Gasteiger partial charge in [-0.15, -0.1) is 0 Å². The maximum atomic E-state index is 2.42. The van der Waals surface area contributed by atoms with Gasteiger partial charge in [-0.05, 0) is 60.1 Å².